The van der Waals surface area contributed by atoms with E-state index in [-0.39, 0.29) is 23.6 Å². The predicted octanol–water partition coefficient (Wildman–Crippen LogP) is 3.03. The van der Waals surface area contributed by atoms with E-state index < -0.39 is 11.9 Å². The zero-order valence-corrected chi connectivity index (χ0v) is 13.7. The van der Waals surface area contributed by atoms with Gasteiger partial charge in [0.2, 0.25) is 0 Å². The molecule has 2 aromatic carbocycles. The molecule has 0 atom stereocenters. The minimum Gasteiger partial charge on any atom is -0.507 e. The van der Waals surface area contributed by atoms with Gasteiger partial charge in [0.1, 0.15) is 17.1 Å². The SMILES string of the molecule is Cc1ccc(OCC(=O)Nc2cc(C)c(O)c(C(=O)O)c2)cc1C. The Bertz CT molecular complexity index is 798. The van der Waals surface area contributed by atoms with Gasteiger partial charge in [-0.3, -0.25) is 4.79 Å². The molecule has 24 heavy (non-hydrogen) atoms. The molecule has 126 valence electrons. The van der Waals surface area contributed by atoms with Gasteiger partial charge in [0.25, 0.3) is 5.91 Å². The van der Waals surface area contributed by atoms with E-state index in [0.29, 0.717) is 11.3 Å². The highest BCUT2D eigenvalue weighted by molar-refractivity contribution is 5.96. The first-order chi connectivity index (χ1) is 11.3. The second kappa shape index (κ2) is 7.04. The van der Waals surface area contributed by atoms with Crippen molar-refractivity contribution < 1.29 is 24.5 Å². The number of hydrogen-bond donors (Lipinski definition) is 3. The van der Waals surface area contributed by atoms with E-state index in [1.165, 1.54) is 12.1 Å². The number of carboxylic acid groups (broad SMARTS) is 1. The molecule has 0 aliphatic heterocycles. The Morgan fingerprint density at radius 2 is 1.75 bits per heavy atom. The van der Waals surface area contributed by atoms with Crippen LogP contribution in [0, 0.1) is 20.8 Å². The first-order valence-electron chi connectivity index (χ1n) is 7.34. The maximum Gasteiger partial charge on any atom is 0.339 e. The highest BCUT2D eigenvalue weighted by Crippen LogP contribution is 2.26. The van der Waals surface area contributed by atoms with Gasteiger partial charge in [-0.1, -0.05) is 6.07 Å². The molecule has 1 amide bonds. The molecule has 2 aromatic rings. The number of amides is 1. The molecule has 0 aliphatic rings. The molecular formula is C18H19NO5. The maximum atomic E-state index is 12.0. The van der Waals surface area contributed by atoms with Crippen molar-refractivity contribution >= 4 is 17.6 Å². The molecule has 6 nitrogen and oxygen atoms in total. The Hall–Kier alpha value is -3.02. The number of aryl methyl sites for hydroxylation is 3. The molecule has 0 fully saturated rings. The van der Waals surface area contributed by atoms with Crippen LogP contribution in [-0.4, -0.2) is 28.7 Å². The number of hydrogen-bond acceptors (Lipinski definition) is 4. The molecule has 0 aromatic heterocycles. The number of ether oxygens (including phenoxy) is 1. The molecule has 3 N–H and O–H groups in total. The summed E-state index contributed by atoms with van der Waals surface area (Å²) >= 11 is 0. The van der Waals surface area contributed by atoms with Crippen molar-refractivity contribution in [3.8, 4) is 11.5 Å². The zero-order valence-electron chi connectivity index (χ0n) is 13.7. The molecule has 0 saturated heterocycles. The minimum absolute atomic E-state index is 0.204. The van der Waals surface area contributed by atoms with Crippen molar-refractivity contribution in [2.45, 2.75) is 20.8 Å². The second-order valence-electron chi connectivity index (χ2n) is 5.58. The lowest BCUT2D eigenvalue weighted by Crippen LogP contribution is -2.20. The lowest BCUT2D eigenvalue weighted by Gasteiger charge is -2.11. The fraction of sp³-hybridized carbons (Fsp3) is 0.222. The van der Waals surface area contributed by atoms with Crippen LogP contribution in [0.5, 0.6) is 11.5 Å². The van der Waals surface area contributed by atoms with Crippen LogP contribution in [0.25, 0.3) is 0 Å². The summed E-state index contributed by atoms with van der Waals surface area (Å²) in [5, 5.41) is 21.3. The Kier molecular flexibility index (Phi) is 5.08. The molecule has 0 spiro atoms. The van der Waals surface area contributed by atoms with Crippen molar-refractivity contribution in [3.05, 3.63) is 52.6 Å². The number of carbonyl (C=O) groups excluding carboxylic acids is 1. The van der Waals surface area contributed by atoms with Crippen LogP contribution in [0.2, 0.25) is 0 Å². The fourth-order valence-electron chi connectivity index (χ4n) is 2.16. The summed E-state index contributed by atoms with van der Waals surface area (Å²) in [6, 6.07) is 8.23. The Balaban J connectivity index is 2.04. The second-order valence-corrected chi connectivity index (χ2v) is 5.58. The smallest absolute Gasteiger partial charge is 0.339 e. The first kappa shape index (κ1) is 17.3. The van der Waals surface area contributed by atoms with Crippen molar-refractivity contribution in [2.24, 2.45) is 0 Å². The number of carbonyl (C=O) groups is 2. The van der Waals surface area contributed by atoms with Gasteiger partial charge in [-0.25, -0.2) is 4.79 Å². The summed E-state index contributed by atoms with van der Waals surface area (Å²) in [6.07, 6.45) is 0. The number of aromatic hydroxyl groups is 1. The molecule has 0 aliphatic carbocycles. The standard InChI is InChI=1S/C18H19NO5/c1-10-4-5-14(7-11(10)2)24-9-16(20)19-13-6-12(3)17(21)15(8-13)18(22)23/h4-8,21H,9H2,1-3H3,(H,19,20)(H,22,23). The summed E-state index contributed by atoms with van der Waals surface area (Å²) in [6.45, 7) is 5.29. The fourth-order valence-corrected chi connectivity index (χ4v) is 2.16. The van der Waals surface area contributed by atoms with E-state index in [2.05, 4.69) is 5.32 Å². The average molecular weight is 329 g/mol. The summed E-state index contributed by atoms with van der Waals surface area (Å²) in [5.41, 5.74) is 2.58. The lowest BCUT2D eigenvalue weighted by molar-refractivity contribution is -0.118. The minimum atomic E-state index is -1.27. The molecule has 0 bridgehead atoms. The van der Waals surface area contributed by atoms with Crippen molar-refractivity contribution in [3.63, 3.8) is 0 Å². The van der Waals surface area contributed by atoms with E-state index in [1.807, 2.05) is 26.0 Å². The monoisotopic (exact) mass is 329 g/mol. The third-order valence-electron chi connectivity index (χ3n) is 3.66. The van der Waals surface area contributed by atoms with Gasteiger partial charge in [-0.15, -0.1) is 0 Å². The molecule has 0 unspecified atom stereocenters. The van der Waals surface area contributed by atoms with E-state index in [9.17, 15) is 14.7 Å². The summed E-state index contributed by atoms with van der Waals surface area (Å²) in [5.74, 6) is -1.42. The van der Waals surface area contributed by atoms with Crippen LogP contribution < -0.4 is 10.1 Å². The molecule has 6 heteroatoms. The van der Waals surface area contributed by atoms with Gasteiger partial charge in [0.05, 0.1) is 0 Å². The Morgan fingerprint density at radius 3 is 2.38 bits per heavy atom. The molecule has 0 radical (unpaired) electrons. The van der Waals surface area contributed by atoms with Crippen molar-refractivity contribution in [2.75, 3.05) is 11.9 Å². The number of benzene rings is 2. The maximum absolute atomic E-state index is 12.0. The van der Waals surface area contributed by atoms with E-state index in [4.69, 9.17) is 9.84 Å². The van der Waals surface area contributed by atoms with E-state index in [0.717, 1.165) is 11.1 Å². The van der Waals surface area contributed by atoms with Crippen LogP contribution >= 0.6 is 0 Å². The van der Waals surface area contributed by atoms with Crippen LogP contribution in [0.1, 0.15) is 27.0 Å². The normalized spacial score (nSPS) is 10.3. The third kappa shape index (κ3) is 4.04. The summed E-state index contributed by atoms with van der Waals surface area (Å²) in [7, 11) is 0. The Morgan fingerprint density at radius 1 is 1.04 bits per heavy atom. The lowest BCUT2D eigenvalue weighted by atomic mass is 10.1. The van der Waals surface area contributed by atoms with E-state index >= 15 is 0 Å². The van der Waals surface area contributed by atoms with Gasteiger partial charge >= 0.3 is 5.97 Å². The van der Waals surface area contributed by atoms with Crippen LogP contribution in [0.4, 0.5) is 5.69 Å². The van der Waals surface area contributed by atoms with Gasteiger partial charge in [-0.05, 0) is 61.7 Å². The zero-order chi connectivity index (χ0) is 17.9. The summed E-state index contributed by atoms with van der Waals surface area (Å²) < 4.78 is 5.43. The van der Waals surface area contributed by atoms with Crippen LogP contribution in [0.15, 0.2) is 30.3 Å². The van der Waals surface area contributed by atoms with Crippen LogP contribution in [0.3, 0.4) is 0 Å². The molecular weight excluding hydrogens is 310 g/mol. The average Bonchev–Trinajstić information content (AvgIpc) is 2.51. The number of carboxylic acids is 1. The molecule has 0 saturated carbocycles. The molecule has 2 rings (SSSR count). The number of phenols is 1. The number of nitrogens with one attached hydrogen (secondary N) is 1. The van der Waals surface area contributed by atoms with E-state index in [1.54, 1.807) is 13.0 Å². The highest BCUT2D eigenvalue weighted by Gasteiger charge is 2.14. The van der Waals surface area contributed by atoms with Gasteiger partial charge in [-0.2, -0.15) is 0 Å². The van der Waals surface area contributed by atoms with Crippen molar-refractivity contribution in [1.29, 1.82) is 0 Å². The van der Waals surface area contributed by atoms with Crippen molar-refractivity contribution in [1.82, 2.24) is 0 Å². The third-order valence-corrected chi connectivity index (χ3v) is 3.66. The van der Waals surface area contributed by atoms with Gasteiger partial charge in [0.15, 0.2) is 6.61 Å². The topological polar surface area (TPSA) is 95.9 Å². The number of aromatic carboxylic acids is 1. The molecule has 0 heterocycles. The predicted molar refractivity (Wildman–Crippen MR) is 89.8 cm³/mol. The van der Waals surface area contributed by atoms with Crippen LogP contribution in [-0.2, 0) is 4.79 Å². The van der Waals surface area contributed by atoms with Gasteiger partial charge in [0, 0.05) is 5.69 Å². The van der Waals surface area contributed by atoms with Gasteiger partial charge < -0.3 is 20.3 Å². The number of rotatable bonds is 5. The quantitative estimate of drug-likeness (QED) is 0.733. The summed E-state index contributed by atoms with van der Waals surface area (Å²) in [4.78, 5) is 23.1. The Labute approximate surface area is 139 Å². The first-order valence-corrected chi connectivity index (χ1v) is 7.34. The highest BCUT2D eigenvalue weighted by atomic mass is 16.5. The number of anilines is 1. The largest absolute Gasteiger partial charge is 0.507 e.